The summed E-state index contributed by atoms with van der Waals surface area (Å²) in [7, 11) is 0. The molecule has 0 aliphatic heterocycles. The number of carboxylic acids is 2. The molecule has 0 saturated heterocycles. The first-order valence-corrected chi connectivity index (χ1v) is 4.30. The van der Waals surface area contributed by atoms with Gasteiger partial charge in [0.1, 0.15) is 0 Å². The Balaban J connectivity index is -0.000000720. The molecule has 0 aromatic heterocycles. The van der Waals surface area contributed by atoms with Crippen molar-refractivity contribution in [1.29, 1.82) is 0 Å². The summed E-state index contributed by atoms with van der Waals surface area (Å²) in [6.45, 7) is 4.58. The first kappa shape index (κ1) is 21.8. The summed E-state index contributed by atoms with van der Waals surface area (Å²) in [4.78, 5) is 21.3. The average molecular weight is 248 g/mol. The van der Waals surface area contributed by atoms with Gasteiger partial charge < -0.3 is 19.8 Å². The van der Waals surface area contributed by atoms with Crippen LogP contribution in [0, 0.1) is 11.3 Å². The predicted octanol–water partition coefficient (Wildman–Crippen LogP) is -7.06. The number of hydrogen-bond acceptors (Lipinski definition) is 4. The molecular formula is C9H14KNaO4. The molecule has 1 atom stereocenters. The molecule has 0 fully saturated rings. The van der Waals surface area contributed by atoms with Gasteiger partial charge in [0, 0.05) is 5.41 Å². The molecule has 0 aromatic carbocycles. The quantitative estimate of drug-likeness (QED) is 0.358. The topological polar surface area (TPSA) is 80.3 Å². The Labute approximate surface area is 155 Å². The Morgan fingerprint density at radius 3 is 1.80 bits per heavy atom. The fraction of sp³-hybridized carbons (Fsp3) is 0.778. The summed E-state index contributed by atoms with van der Waals surface area (Å²) >= 11 is 0. The van der Waals surface area contributed by atoms with Gasteiger partial charge in [-0.1, -0.05) is 20.3 Å². The van der Waals surface area contributed by atoms with Crippen molar-refractivity contribution < 1.29 is 101 Å². The number of carbonyl (C=O) groups is 2. The molecule has 4 nitrogen and oxygen atoms in total. The molecule has 0 rings (SSSR count). The molecule has 15 heavy (non-hydrogen) atoms. The Morgan fingerprint density at radius 2 is 1.60 bits per heavy atom. The van der Waals surface area contributed by atoms with Crippen molar-refractivity contribution in [3.63, 3.8) is 0 Å². The molecule has 0 aromatic rings. The minimum absolute atomic E-state index is 0. The average Bonchev–Trinajstić information content (AvgIpc) is 2.02. The van der Waals surface area contributed by atoms with Gasteiger partial charge >= 0.3 is 80.9 Å². The standard InChI is InChI=1S/C9H16O4.K.Na/c1-4-5-6(2)9(3,7(10)11)8(12)13;;/h6H,4-5H2,1-3H3,(H,10,11)(H,12,13);;/q;2*+1/p-2. The second-order valence-electron chi connectivity index (χ2n) is 3.47. The van der Waals surface area contributed by atoms with Crippen LogP contribution in [0.4, 0.5) is 0 Å². The number of rotatable bonds is 5. The molecule has 0 bridgehead atoms. The van der Waals surface area contributed by atoms with Crippen molar-refractivity contribution in [3.05, 3.63) is 0 Å². The number of aliphatic carboxylic acids is 2. The SMILES string of the molecule is CCCC(C)C(C)(C(=O)[O-])C(=O)[O-].[K+].[Na+]. The molecule has 6 heteroatoms. The van der Waals surface area contributed by atoms with Gasteiger partial charge in [0.25, 0.3) is 0 Å². The van der Waals surface area contributed by atoms with Crippen LogP contribution in [0.1, 0.15) is 33.6 Å². The van der Waals surface area contributed by atoms with E-state index < -0.39 is 23.3 Å². The first-order chi connectivity index (χ1) is 5.87. The number of hydrogen-bond donors (Lipinski definition) is 0. The summed E-state index contributed by atoms with van der Waals surface area (Å²) in [5.41, 5.74) is -1.88. The van der Waals surface area contributed by atoms with E-state index in [1.165, 1.54) is 0 Å². The van der Waals surface area contributed by atoms with Crippen LogP contribution in [-0.2, 0) is 9.59 Å². The molecule has 0 aliphatic rings. The van der Waals surface area contributed by atoms with Crippen LogP contribution in [0.5, 0.6) is 0 Å². The number of carboxylic acid groups (broad SMARTS) is 2. The van der Waals surface area contributed by atoms with E-state index in [0.717, 1.165) is 13.3 Å². The Hall–Kier alpha value is 1.58. The minimum Gasteiger partial charge on any atom is -0.549 e. The van der Waals surface area contributed by atoms with E-state index in [9.17, 15) is 19.8 Å². The van der Waals surface area contributed by atoms with Gasteiger partial charge in [-0.15, -0.1) is 0 Å². The van der Waals surface area contributed by atoms with Crippen molar-refractivity contribution in [1.82, 2.24) is 0 Å². The monoisotopic (exact) mass is 248 g/mol. The third kappa shape index (κ3) is 5.63. The molecule has 1 unspecified atom stereocenters. The summed E-state index contributed by atoms with van der Waals surface area (Å²) in [6.07, 6.45) is 1.26. The van der Waals surface area contributed by atoms with Crippen LogP contribution >= 0.6 is 0 Å². The summed E-state index contributed by atoms with van der Waals surface area (Å²) in [6, 6.07) is 0. The fourth-order valence-electron chi connectivity index (χ4n) is 1.21. The molecule has 0 spiro atoms. The molecule has 0 radical (unpaired) electrons. The van der Waals surface area contributed by atoms with Crippen molar-refractivity contribution in [2.75, 3.05) is 0 Å². The third-order valence-corrected chi connectivity index (χ3v) is 2.56. The van der Waals surface area contributed by atoms with Gasteiger partial charge in [-0.25, -0.2) is 0 Å². The molecule has 0 saturated carbocycles. The second-order valence-corrected chi connectivity index (χ2v) is 3.47. The van der Waals surface area contributed by atoms with E-state index in [-0.39, 0.29) is 80.9 Å². The van der Waals surface area contributed by atoms with Gasteiger partial charge in [-0.2, -0.15) is 0 Å². The van der Waals surface area contributed by atoms with Gasteiger partial charge in [0.2, 0.25) is 0 Å². The maximum Gasteiger partial charge on any atom is 1.00 e. The molecular weight excluding hydrogens is 234 g/mol. The van der Waals surface area contributed by atoms with Crippen molar-refractivity contribution in [2.24, 2.45) is 11.3 Å². The van der Waals surface area contributed by atoms with E-state index in [2.05, 4.69) is 0 Å². The van der Waals surface area contributed by atoms with Crippen LogP contribution in [0.25, 0.3) is 0 Å². The largest absolute Gasteiger partial charge is 1.00 e. The Morgan fingerprint density at radius 1 is 1.27 bits per heavy atom. The van der Waals surface area contributed by atoms with E-state index >= 15 is 0 Å². The van der Waals surface area contributed by atoms with Crippen molar-refractivity contribution >= 4 is 11.9 Å². The van der Waals surface area contributed by atoms with Crippen LogP contribution in [-0.4, -0.2) is 11.9 Å². The zero-order valence-electron chi connectivity index (χ0n) is 10.1. The molecule has 0 N–H and O–H groups in total. The predicted molar refractivity (Wildman–Crippen MR) is 42.2 cm³/mol. The summed E-state index contributed by atoms with van der Waals surface area (Å²) < 4.78 is 0. The van der Waals surface area contributed by atoms with E-state index in [0.29, 0.717) is 6.42 Å². The van der Waals surface area contributed by atoms with Crippen molar-refractivity contribution in [2.45, 2.75) is 33.6 Å². The normalized spacial score (nSPS) is 11.9. The number of carbonyl (C=O) groups excluding carboxylic acids is 2. The smallest absolute Gasteiger partial charge is 0.549 e. The second kappa shape index (κ2) is 9.59. The fourth-order valence-corrected chi connectivity index (χ4v) is 1.21. The van der Waals surface area contributed by atoms with Crippen LogP contribution < -0.4 is 91.2 Å². The van der Waals surface area contributed by atoms with Gasteiger partial charge in [-0.05, 0) is 19.3 Å². The van der Waals surface area contributed by atoms with Gasteiger partial charge in [-0.3, -0.25) is 0 Å². The Bertz CT molecular complexity index is 206. The van der Waals surface area contributed by atoms with Gasteiger partial charge in [0.05, 0.1) is 11.9 Å². The van der Waals surface area contributed by atoms with E-state index in [1.54, 1.807) is 6.92 Å². The Kier molecular flexibility index (Phi) is 14.0. The summed E-state index contributed by atoms with van der Waals surface area (Å²) in [5.74, 6) is -3.63. The summed E-state index contributed by atoms with van der Waals surface area (Å²) in [5, 5.41) is 21.3. The molecule has 0 amide bonds. The first-order valence-electron chi connectivity index (χ1n) is 4.30. The van der Waals surface area contributed by atoms with Crippen LogP contribution in [0.3, 0.4) is 0 Å². The van der Waals surface area contributed by atoms with Crippen molar-refractivity contribution in [3.8, 4) is 0 Å². The molecule has 76 valence electrons. The maximum absolute atomic E-state index is 10.6. The zero-order valence-corrected chi connectivity index (χ0v) is 15.2. The minimum atomic E-state index is -1.88. The van der Waals surface area contributed by atoms with E-state index in [4.69, 9.17) is 0 Å². The molecule has 0 aliphatic carbocycles. The maximum atomic E-state index is 10.6. The van der Waals surface area contributed by atoms with Crippen LogP contribution in [0.15, 0.2) is 0 Å². The molecule has 0 heterocycles. The zero-order chi connectivity index (χ0) is 10.6. The van der Waals surface area contributed by atoms with Crippen LogP contribution in [0.2, 0.25) is 0 Å². The van der Waals surface area contributed by atoms with E-state index in [1.807, 2.05) is 6.92 Å². The van der Waals surface area contributed by atoms with Gasteiger partial charge in [0.15, 0.2) is 0 Å². The third-order valence-electron chi connectivity index (χ3n) is 2.56.